The molecule has 0 radical (unpaired) electrons. The van der Waals surface area contributed by atoms with E-state index in [1.54, 1.807) is 12.1 Å². The summed E-state index contributed by atoms with van der Waals surface area (Å²) < 4.78 is 27.1. The molecule has 1 saturated carbocycles. The molecule has 1 aliphatic rings. The van der Waals surface area contributed by atoms with Crippen LogP contribution in [-0.4, -0.2) is 28.1 Å². The molecule has 1 atom stereocenters. The van der Waals surface area contributed by atoms with E-state index in [0.29, 0.717) is 10.8 Å². The highest BCUT2D eigenvalue weighted by Crippen LogP contribution is 2.33. The largest absolute Gasteiger partial charge is 0.319 e. The Morgan fingerprint density at radius 1 is 1.26 bits per heavy atom. The molecule has 1 fully saturated rings. The van der Waals surface area contributed by atoms with Crippen LogP contribution in [0.4, 0.5) is 0 Å². The molecule has 0 aliphatic heterocycles. The maximum Gasteiger partial charge on any atom is 0.240 e. The van der Waals surface area contributed by atoms with Crippen molar-refractivity contribution in [3.63, 3.8) is 0 Å². The molecule has 1 unspecified atom stereocenters. The Bertz CT molecular complexity index is 507. The van der Waals surface area contributed by atoms with Crippen molar-refractivity contribution in [3.05, 3.63) is 29.8 Å². The standard InChI is InChI=1S/C14H22N2O2S/c1-11(13-5-6-13)16-19(17,18)14-7-3-12(4-8-14)9-10-15-2/h3-4,7-8,11,13,15-16H,5-6,9-10H2,1-2H3. The van der Waals surface area contributed by atoms with E-state index in [0.717, 1.165) is 31.4 Å². The lowest BCUT2D eigenvalue weighted by atomic mass is 10.1. The first-order valence-electron chi connectivity index (χ1n) is 6.79. The first-order valence-corrected chi connectivity index (χ1v) is 8.27. The van der Waals surface area contributed by atoms with Crippen molar-refractivity contribution in [2.75, 3.05) is 13.6 Å². The average Bonchev–Trinajstić information content (AvgIpc) is 3.20. The minimum atomic E-state index is -3.37. The Labute approximate surface area is 115 Å². The third kappa shape index (κ3) is 4.03. The van der Waals surface area contributed by atoms with Crippen molar-refractivity contribution in [3.8, 4) is 0 Å². The zero-order valence-electron chi connectivity index (χ0n) is 11.5. The molecule has 0 bridgehead atoms. The molecule has 5 heteroatoms. The molecule has 1 aromatic carbocycles. The van der Waals surface area contributed by atoms with Gasteiger partial charge in [-0.25, -0.2) is 13.1 Å². The summed E-state index contributed by atoms with van der Waals surface area (Å²) in [6.07, 6.45) is 3.17. The minimum Gasteiger partial charge on any atom is -0.319 e. The van der Waals surface area contributed by atoms with Crippen LogP contribution >= 0.6 is 0 Å². The molecule has 2 rings (SSSR count). The van der Waals surface area contributed by atoms with Gasteiger partial charge in [-0.1, -0.05) is 12.1 Å². The van der Waals surface area contributed by atoms with Crippen LogP contribution in [0.5, 0.6) is 0 Å². The normalized spacial score (nSPS) is 17.4. The highest BCUT2D eigenvalue weighted by Gasteiger charge is 2.31. The molecule has 0 spiro atoms. The maximum atomic E-state index is 12.2. The summed E-state index contributed by atoms with van der Waals surface area (Å²) in [7, 11) is -1.46. The molecule has 0 amide bonds. The fourth-order valence-corrected chi connectivity index (χ4v) is 3.42. The second-order valence-corrected chi connectivity index (χ2v) is 6.96. The fraction of sp³-hybridized carbons (Fsp3) is 0.571. The summed E-state index contributed by atoms with van der Waals surface area (Å²) in [6.45, 7) is 2.83. The van der Waals surface area contributed by atoms with Gasteiger partial charge in [0.05, 0.1) is 4.90 Å². The zero-order valence-corrected chi connectivity index (χ0v) is 12.3. The number of hydrogen-bond acceptors (Lipinski definition) is 3. The highest BCUT2D eigenvalue weighted by molar-refractivity contribution is 7.89. The first kappa shape index (κ1) is 14.5. The molecular formula is C14H22N2O2S. The Hall–Kier alpha value is -0.910. The van der Waals surface area contributed by atoms with Crippen molar-refractivity contribution in [2.24, 2.45) is 5.92 Å². The van der Waals surface area contributed by atoms with Crippen molar-refractivity contribution in [1.29, 1.82) is 0 Å². The smallest absolute Gasteiger partial charge is 0.240 e. The number of likely N-dealkylation sites (N-methyl/N-ethyl adjacent to an activating group) is 1. The summed E-state index contributed by atoms with van der Waals surface area (Å²) in [5.74, 6) is 0.518. The monoisotopic (exact) mass is 282 g/mol. The van der Waals surface area contributed by atoms with Gasteiger partial charge in [0.15, 0.2) is 0 Å². The molecule has 2 N–H and O–H groups in total. The van der Waals surface area contributed by atoms with E-state index in [1.165, 1.54) is 0 Å². The van der Waals surface area contributed by atoms with Gasteiger partial charge in [-0.2, -0.15) is 0 Å². The maximum absolute atomic E-state index is 12.2. The quantitative estimate of drug-likeness (QED) is 0.797. The van der Waals surface area contributed by atoms with E-state index in [4.69, 9.17) is 0 Å². The van der Waals surface area contributed by atoms with Crippen molar-refractivity contribution in [2.45, 2.75) is 37.1 Å². The fourth-order valence-electron chi connectivity index (χ4n) is 2.11. The van der Waals surface area contributed by atoms with Crippen LogP contribution in [-0.2, 0) is 16.4 Å². The van der Waals surface area contributed by atoms with E-state index < -0.39 is 10.0 Å². The Balaban J connectivity index is 2.03. The number of nitrogens with one attached hydrogen (secondary N) is 2. The first-order chi connectivity index (χ1) is 9.03. The number of sulfonamides is 1. The van der Waals surface area contributed by atoms with Crippen LogP contribution in [0.25, 0.3) is 0 Å². The molecule has 0 saturated heterocycles. The Kier molecular flexibility index (Phi) is 4.60. The predicted octanol–water partition coefficient (Wildman–Crippen LogP) is 1.53. The van der Waals surface area contributed by atoms with E-state index >= 15 is 0 Å². The number of benzene rings is 1. The van der Waals surface area contributed by atoms with Gasteiger partial charge in [0.1, 0.15) is 0 Å². The molecule has 106 valence electrons. The van der Waals surface area contributed by atoms with E-state index in [2.05, 4.69) is 10.0 Å². The van der Waals surface area contributed by atoms with Gasteiger partial charge in [0, 0.05) is 6.04 Å². The van der Waals surface area contributed by atoms with Crippen LogP contribution in [0.15, 0.2) is 29.2 Å². The highest BCUT2D eigenvalue weighted by atomic mass is 32.2. The second kappa shape index (κ2) is 6.03. The molecule has 1 aliphatic carbocycles. The van der Waals surface area contributed by atoms with Crippen LogP contribution in [0.2, 0.25) is 0 Å². The van der Waals surface area contributed by atoms with Crippen LogP contribution in [0.1, 0.15) is 25.3 Å². The molecule has 0 aromatic heterocycles. The molecule has 1 aromatic rings. The molecule has 19 heavy (non-hydrogen) atoms. The second-order valence-electron chi connectivity index (χ2n) is 5.24. The molecule has 0 heterocycles. The third-order valence-electron chi connectivity index (χ3n) is 3.57. The average molecular weight is 282 g/mol. The van der Waals surface area contributed by atoms with Gasteiger partial charge in [-0.3, -0.25) is 0 Å². The summed E-state index contributed by atoms with van der Waals surface area (Å²) in [5.41, 5.74) is 1.14. The van der Waals surface area contributed by atoms with Crippen molar-refractivity contribution >= 4 is 10.0 Å². The lowest BCUT2D eigenvalue weighted by Gasteiger charge is -2.13. The number of rotatable bonds is 7. The molecule has 4 nitrogen and oxygen atoms in total. The van der Waals surface area contributed by atoms with Crippen LogP contribution < -0.4 is 10.0 Å². The SMILES string of the molecule is CNCCc1ccc(S(=O)(=O)NC(C)C2CC2)cc1. The van der Waals surface area contributed by atoms with Crippen molar-refractivity contribution < 1.29 is 8.42 Å². The Morgan fingerprint density at radius 3 is 2.42 bits per heavy atom. The topological polar surface area (TPSA) is 58.2 Å². The molecular weight excluding hydrogens is 260 g/mol. The van der Waals surface area contributed by atoms with Gasteiger partial charge in [-0.15, -0.1) is 0 Å². The summed E-state index contributed by atoms with van der Waals surface area (Å²) in [4.78, 5) is 0.355. The summed E-state index contributed by atoms with van der Waals surface area (Å²) in [6, 6.07) is 7.18. The van der Waals surface area contributed by atoms with Crippen LogP contribution in [0.3, 0.4) is 0 Å². The van der Waals surface area contributed by atoms with E-state index in [-0.39, 0.29) is 6.04 Å². The number of hydrogen-bond donors (Lipinski definition) is 2. The summed E-state index contributed by atoms with van der Waals surface area (Å²) in [5, 5.41) is 3.08. The van der Waals surface area contributed by atoms with E-state index in [1.807, 2.05) is 26.1 Å². The van der Waals surface area contributed by atoms with Gasteiger partial charge < -0.3 is 5.32 Å². The van der Waals surface area contributed by atoms with Gasteiger partial charge in [0.2, 0.25) is 10.0 Å². The van der Waals surface area contributed by atoms with Gasteiger partial charge in [0.25, 0.3) is 0 Å². The summed E-state index contributed by atoms with van der Waals surface area (Å²) >= 11 is 0. The van der Waals surface area contributed by atoms with E-state index in [9.17, 15) is 8.42 Å². The van der Waals surface area contributed by atoms with Crippen molar-refractivity contribution in [1.82, 2.24) is 10.0 Å². The van der Waals surface area contributed by atoms with Gasteiger partial charge in [-0.05, 0) is 63.4 Å². The minimum absolute atomic E-state index is 0.0361. The van der Waals surface area contributed by atoms with Gasteiger partial charge >= 0.3 is 0 Å². The lowest BCUT2D eigenvalue weighted by Crippen LogP contribution is -2.34. The third-order valence-corrected chi connectivity index (χ3v) is 5.14. The zero-order chi connectivity index (χ0) is 13.9. The lowest BCUT2D eigenvalue weighted by molar-refractivity contribution is 0.538. The Morgan fingerprint density at radius 2 is 1.89 bits per heavy atom. The van der Waals surface area contributed by atoms with Crippen LogP contribution in [0, 0.1) is 5.92 Å². The predicted molar refractivity (Wildman–Crippen MR) is 76.6 cm³/mol.